The van der Waals surface area contributed by atoms with Gasteiger partial charge in [0.1, 0.15) is 5.82 Å². The maximum absolute atomic E-state index is 13.0. The first-order valence-electron chi connectivity index (χ1n) is 7.03. The van der Waals surface area contributed by atoms with Gasteiger partial charge in [-0.3, -0.25) is 4.79 Å². The smallest absolute Gasteiger partial charge is 0.266 e. The van der Waals surface area contributed by atoms with Crippen LogP contribution in [0.25, 0.3) is 22.4 Å². The number of fused-ring (bicyclic) bond motifs is 1. The van der Waals surface area contributed by atoms with Crippen molar-refractivity contribution in [2.24, 2.45) is 0 Å². The molecule has 0 fully saturated rings. The van der Waals surface area contributed by atoms with E-state index in [4.69, 9.17) is 11.6 Å². The van der Waals surface area contributed by atoms with Crippen LogP contribution < -0.4 is 10.1 Å². The molecule has 0 unspecified atom stereocenters. The molecule has 4 aromatic rings. The van der Waals surface area contributed by atoms with Crippen molar-refractivity contribution in [3.05, 3.63) is 79.8 Å². The third-order valence-electron chi connectivity index (χ3n) is 3.45. The number of halogens is 2. The minimum Gasteiger partial charge on any atom is -0.266 e. The van der Waals surface area contributed by atoms with Crippen molar-refractivity contribution in [2.45, 2.75) is 0 Å². The number of thiazole rings is 1. The van der Waals surface area contributed by atoms with Crippen LogP contribution in [0.2, 0.25) is 5.02 Å². The lowest BCUT2D eigenvalue weighted by Gasteiger charge is -1.93. The third-order valence-corrected chi connectivity index (χ3v) is 4.66. The minimum atomic E-state index is -0.330. The summed E-state index contributed by atoms with van der Waals surface area (Å²) < 4.78 is 14.8. The first-order chi connectivity index (χ1) is 11.6. The van der Waals surface area contributed by atoms with Gasteiger partial charge in [-0.05, 0) is 48.0 Å². The van der Waals surface area contributed by atoms with Crippen LogP contribution in [-0.4, -0.2) is 14.6 Å². The second-order valence-corrected chi connectivity index (χ2v) is 6.55. The molecule has 2 aromatic carbocycles. The molecule has 0 saturated heterocycles. The van der Waals surface area contributed by atoms with Crippen LogP contribution in [0.15, 0.2) is 53.3 Å². The second-order valence-electron chi connectivity index (χ2n) is 5.10. The lowest BCUT2D eigenvalue weighted by Crippen LogP contribution is -2.23. The van der Waals surface area contributed by atoms with Crippen LogP contribution in [0.1, 0.15) is 5.56 Å². The van der Waals surface area contributed by atoms with E-state index in [9.17, 15) is 9.18 Å². The van der Waals surface area contributed by atoms with Crippen molar-refractivity contribution >= 4 is 34.0 Å². The Bertz CT molecular complexity index is 1130. The Morgan fingerprint density at radius 2 is 1.79 bits per heavy atom. The highest BCUT2D eigenvalue weighted by atomic mass is 35.5. The van der Waals surface area contributed by atoms with Gasteiger partial charge in [0.25, 0.3) is 5.56 Å². The summed E-state index contributed by atoms with van der Waals surface area (Å²) in [4.78, 5) is 17.3. The molecule has 0 aliphatic rings. The molecular formula is C17H9ClFN3OS. The van der Waals surface area contributed by atoms with Crippen molar-refractivity contribution in [1.29, 1.82) is 0 Å². The van der Waals surface area contributed by atoms with E-state index in [1.54, 1.807) is 30.3 Å². The molecule has 118 valence electrons. The standard InChI is InChI=1S/C17H9ClFN3OS/c18-12-5-1-10(2-6-12)9-14-16(23)22-17(24-14)20-15(21-22)11-3-7-13(19)8-4-11/h1-9H/b14-9+. The lowest BCUT2D eigenvalue weighted by atomic mass is 10.2. The van der Waals surface area contributed by atoms with Crippen LogP contribution >= 0.6 is 22.9 Å². The highest BCUT2D eigenvalue weighted by Crippen LogP contribution is 2.17. The van der Waals surface area contributed by atoms with Crippen LogP contribution in [0.3, 0.4) is 0 Å². The Hall–Kier alpha value is -2.57. The maximum atomic E-state index is 13.0. The van der Waals surface area contributed by atoms with Gasteiger partial charge < -0.3 is 0 Å². The van der Waals surface area contributed by atoms with Gasteiger partial charge in [-0.25, -0.2) is 4.39 Å². The number of nitrogens with zero attached hydrogens (tertiary/aromatic N) is 3. The summed E-state index contributed by atoms with van der Waals surface area (Å²) in [5.74, 6) is 0.0699. The van der Waals surface area contributed by atoms with Crippen molar-refractivity contribution in [3.63, 3.8) is 0 Å². The zero-order valence-electron chi connectivity index (χ0n) is 12.1. The normalized spacial score (nSPS) is 12.2. The average Bonchev–Trinajstić information content (AvgIpc) is 3.11. The van der Waals surface area contributed by atoms with E-state index in [-0.39, 0.29) is 11.4 Å². The van der Waals surface area contributed by atoms with E-state index in [1.165, 1.54) is 28.0 Å². The Morgan fingerprint density at radius 3 is 2.46 bits per heavy atom. The molecule has 24 heavy (non-hydrogen) atoms. The first-order valence-corrected chi connectivity index (χ1v) is 8.22. The summed E-state index contributed by atoms with van der Waals surface area (Å²) in [5, 5.41) is 4.87. The molecule has 0 amide bonds. The largest absolute Gasteiger partial charge is 0.291 e. The maximum Gasteiger partial charge on any atom is 0.291 e. The van der Waals surface area contributed by atoms with Crippen LogP contribution in [0.4, 0.5) is 4.39 Å². The molecule has 0 spiro atoms. The topological polar surface area (TPSA) is 47.3 Å². The van der Waals surface area contributed by atoms with Crippen molar-refractivity contribution < 1.29 is 4.39 Å². The zero-order chi connectivity index (χ0) is 16.7. The molecule has 2 aromatic heterocycles. The molecule has 0 radical (unpaired) electrons. The Balaban J connectivity index is 1.79. The molecule has 0 atom stereocenters. The van der Waals surface area contributed by atoms with Crippen molar-refractivity contribution in [3.8, 4) is 11.4 Å². The number of aromatic nitrogens is 3. The lowest BCUT2D eigenvalue weighted by molar-refractivity contribution is 0.628. The molecule has 0 aliphatic heterocycles. The molecule has 0 bridgehead atoms. The third kappa shape index (κ3) is 2.70. The molecule has 4 rings (SSSR count). The van der Waals surface area contributed by atoms with E-state index in [0.29, 0.717) is 25.9 Å². The van der Waals surface area contributed by atoms with Crippen LogP contribution in [-0.2, 0) is 0 Å². The molecular weight excluding hydrogens is 349 g/mol. The predicted octanol–water partition coefficient (Wildman–Crippen LogP) is 3.16. The summed E-state index contributed by atoms with van der Waals surface area (Å²) in [7, 11) is 0. The number of rotatable bonds is 2. The highest BCUT2D eigenvalue weighted by molar-refractivity contribution is 7.15. The minimum absolute atomic E-state index is 0.231. The Morgan fingerprint density at radius 1 is 1.08 bits per heavy atom. The summed E-state index contributed by atoms with van der Waals surface area (Å²) >= 11 is 7.11. The van der Waals surface area contributed by atoms with Crippen molar-refractivity contribution in [1.82, 2.24) is 14.6 Å². The SMILES string of the molecule is O=c1/c(=C\c2ccc(Cl)cc2)sc2nc(-c3ccc(F)cc3)nn12. The van der Waals surface area contributed by atoms with Crippen LogP contribution in [0.5, 0.6) is 0 Å². The number of benzene rings is 2. The van der Waals surface area contributed by atoms with E-state index in [1.807, 2.05) is 12.1 Å². The Kier molecular flexibility index (Phi) is 3.63. The summed E-state index contributed by atoms with van der Waals surface area (Å²) in [5.41, 5.74) is 1.31. The molecule has 2 heterocycles. The van der Waals surface area contributed by atoms with Gasteiger partial charge in [0.05, 0.1) is 4.53 Å². The highest BCUT2D eigenvalue weighted by Gasteiger charge is 2.11. The number of hydrogen-bond acceptors (Lipinski definition) is 4. The summed E-state index contributed by atoms with van der Waals surface area (Å²) in [6, 6.07) is 13.0. The van der Waals surface area contributed by atoms with Crippen LogP contribution in [0, 0.1) is 5.82 Å². The van der Waals surface area contributed by atoms with E-state index in [0.717, 1.165) is 5.56 Å². The Labute approximate surface area is 144 Å². The molecule has 4 nitrogen and oxygen atoms in total. The van der Waals surface area contributed by atoms with Gasteiger partial charge in [-0.1, -0.05) is 35.1 Å². The van der Waals surface area contributed by atoms with Gasteiger partial charge in [0, 0.05) is 10.6 Å². The molecule has 7 heteroatoms. The second kappa shape index (κ2) is 5.81. The summed E-state index contributed by atoms with van der Waals surface area (Å²) in [6.45, 7) is 0. The van der Waals surface area contributed by atoms with Gasteiger partial charge in [0.2, 0.25) is 4.96 Å². The number of hydrogen-bond donors (Lipinski definition) is 0. The first kappa shape index (κ1) is 15.0. The quantitative estimate of drug-likeness (QED) is 0.553. The van der Waals surface area contributed by atoms with E-state index >= 15 is 0 Å². The van der Waals surface area contributed by atoms with E-state index < -0.39 is 0 Å². The fraction of sp³-hybridized carbons (Fsp3) is 0. The predicted molar refractivity (Wildman–Crippen MR) is 92.8 cm³/mol. The summed E-state index contributed by atoms with van der Waals surface area (Å²) in [6.07, 6.45) is 1.78. The molecule has 0 aliphatic carbocycles. The van der Waals surface area contributed by atoms with Gasteiger partial charge >= 0.3 is 0 Å². The monoisotopic (exact) mass is 357 g/mol. The van der Waals surface area contributed by atoms with Crippen molar-refractivity contribution in [2.75, 3.05) is 0 Å². The fourth-order valence-corrected chi connectivity index (χ4v) is 3.30. The fourth-order valence-electron chi connectivity index (χ4n) is 2.27. The molecule has 0 N–H and O–H groups in total. The van der Waals surface area contributed by atoms with Gasteiger partial charge in [-0.2, -0.15) is 9.50 Å². The van der Waals surface area contributed by atoms with Gasteiger partial charge in [-0.15, -0.1) is 5.10 Å². The average molecular weight is 358 g/mol. The van der Waals surface area contributed by atoms with Gasteiger partial charge in [0.15, 0.2) is 5.82 Å². The zero-order valence-corrected chi connectivity index (χ0v) is 13.7. The molecule has 0 saturated carbocycles. The van der Waals surface area contributed by atoms with E-state index in [2.05, 4.69) is 10.1 Å².